The van der Waals surface area contributed by atoms with Gasteiger partial charge in [-0.3, -0.25) is 4.79 Å². The van der Waals surface area contributed by atoms with E-state index < -0.39 is 19.7 Å². The van der Waals surface area contributed by atoms with Gasteiger partial charge in [-0.15, -0.1) is 0 Å². The quantitative estimate of drug-likeness (QED) is 0.0940. The van der Waals surface area contributed by atoms with Gasteiger partial charge >= 0.3 is 5.97 Å². The number of aliphatic hydroxyl groups is 1. The molecule has 1 saturated carbocycles. The smallest absolute Gasteiger partial charge is 0.308 e. The summed E-state index contributed by atoms with van der Waals surface area (Å²) in [5.41, 5.74) is 4.75. The zero-order valence-electron chi connectivity index (χ0n) is 29.0. The van der Waals surface area contributed by atoms with Crippen molar-refractivity contribution in [1.82, 2.24) is 0 Å². The number of hydrogen-bond acceptors (Lipinski definition) is 4. The Morgan fingerprint density at radius 3 is 2.21 bits per heavy atom. The SMILES string of the molecule is CCCC[Si](C)(C)C1CCC(c2ccc(-c3ccc(-c4ccc(OCCCCCO)c(COC(=O)C(C)C)c4)cc3)c(F)c2F)CC1. The number of ether oxygens (including phenoxy) is 2. The molecule has 1 aliphatic rings. The molecule has 0 bridgehead atoms. The summed E-state index contributed by atoms with van der Waals surface area (Å²) in [5, 5.41) is 9.02. The van der Waals surface area contributed by atoms with Crippen LogP contribution in [0.2, 0.25) is 24.7 Å². The zero-order valence-corrected chi connectivity index (χ0v) is 30.0. The third-order valence-corrected chi connectivity index (χ3v) is 14.5. The number of unbranched alkanes of at least 4 members (excludes halogenated alkanes) is 3. The van der Waals surface area contributed by atoms with Crippen LogP contribution in [0.15, 0.2) is 54.6 Å². The highest BCUT2D eigenvalue weighted by molar-refractivity contribution is 6.78. The fourth-order valence-corrected chi connectivity index (χ4v) is 10.4. The topological polar surface area (TPSA) is 55.8 Å². The van der Waals surface area contributed by atoms with Crippen molar-refractivity contribution in [2.24, 2.45) is 5.92 Å². The second kappa shape index (κ2) is 17.4. The van der Waals surface area contributed by atoms with Crippen molar-refractivity contribution in [1.29, 1.82) is 0 Å². The van der Waals surface area contributed by atoms with Crippen LogP contribution < -0.4 is 4.74 Å². The number of esters is 1. The Bertz CT molecular complexity index is 1450. The summed E-state index contributed by atoms with van der Waals surface area (Å²) in [6, 6.07) is 18.1. The highest BCUT2D eigenvalue weighted by Crippen LogP contribution is 2.46. The lowest BCUT2D eigenvalue weighted by atomic mass is 9.83. The van der Waals surface area contributed by atoms with Gasteiger partial charge in [-0.1, -0.05) is 108 Å². The number of aliphatic hydroxyl groups excluding tert-OH is 1. The van der Waals surface area contributed by atoms with Crippen LogP contribution in [-0.2, 0) is 16.1 Å². The van der Waals surface area contributed by atoms with Crippen molar-refractivity contribution in [3.8, 4) is 28.0 Å². The van der Waals surface area contributed by atoms with Crippen LogP contribution in [0.5, 0.6) is 5.75 Å². The molecular formula is C40H54F2O4Si. The predicted molar refractivity (Wildman–Crippen MR) is 190 cm³/mol. The largest absolute Gasteiger partial charge is 0.493 e. The Morgan fingerprint density at radius 1 is 0.872 bits per heavy atom. The van der Waals surface area contributed by atoms with E-state index >= 15 is 8.78 Å². The molecule has 4 rings (SSSR count). The molecular weight excluding hydrogens is 611 g/mol. The van der Waals surface area contributed by atoms with Crippen LogP contribution in [0.4, 0.5) is 8.78 Å². The van der Waals surface area contributed by atoms with Crippen LogP contribution in [0.3, 0.4) is 0 Å². The van der Waals surface area contributed by atoms with E-state index in [-0.39, 0.29) is 36.6 Å². The van der Waals surface area contributed by atoms with Gasteiger partial charge in [0.25, 0.3) is 0 Å². The molecule has 47 heavy (non-hydrogen) atoms. The maximum atomic E-state index is 15.6. The number of halogens is 2. The average molecular weight is 665 g/mol. The van der Waals surface area contributed by atoms with E-state index in [1.807, 2.05) is 42.5 Å². The predicted octanol–water partition coefficient (Wildman–Crippen LogP) is 11.1. The maximum Gasteiger partial charge on any atom is 0.308 e. The van der Waals surface area contributed by atoms with Crippen molar-refractivity contribution in [2.45, 2.75) is 116 Å². The number of carbonyl (C=O) groups excluding carboxylic acids is 1. The summed E-state index contributed by atoms with van der Waals surface area (Å²) in [4.78, 5) is 12.2. The van der Waals surface area contributed by atoms with E-state index in [0.717, 1.165) is 67.2 Å². The van der Waals surface area contributed by atoms with Gasteiger partial charge in [0.1, 0.15) is 12.4 Å². The summed E-state index contributed by atoms with van der Waals surface area (Å²) in [6.45, 7) is 11.6. The fraction of sp³-hybridized carbons (Fsp3) is 0.525. The molecule has 0 aromatic heterocycles. The second-order valence-corrected chi connectivity index (χ2v) is 19.6. The molecule has 1 aliphatic carbocycles. The lowest BCUT2D eigenvalue weighted by Gasteiger charge is -2.38. The van der Waals surface area contributed by atoms with Gasteiger partial charge in [-0.05, 0) is 77.9 Å². The monoisotopic (exact) mass is 664 g/mol. The second-order valence-electron chi connectivity index (χ2n) is 14.3. The summed E-state index contributed by atoms with van der Waals surface area (Å²) in [6.07, 6.45) is 9.06. The van der Waals surface area contributed by atoms with Crippen LogP contribution in [0.1, 0.15) is 95.6 Å². The Hall–Kier alpha value is -3.03. The molecule has 0 amide bonds. The average Bonchev–Trinajstić information content (AvgIpc) is 3.07. The van der Waals surface area contributed by atoms with E-state index in [0.29, 0.717) is 23.5 Å². The molecule has 0 heterocycles. The molecule has 0 saturated heterocycles. The molecule has 256 valence electrons. The van der Waals surface area contributed by atoms with Gasteiger partial charge in [0.05, 0.1) is 20.6 Å². The van der Waals surface area contributed by atoms with Crippen LogP contribution in [-0.4, -0.2) is 32.4 Å². The van der Waals surface area contributed by atoms with Gasteiger partial charge in [0.15, 0.2) is 11.6 Å². The highest BCUT2D eigenvalue weighted by atomic mass is 28.3. The van der Waals surface area contributed by atoms with E-state index in [4.69, 9.17) is 14.6 Å². The number of rotatable bonds is 16. The third-order valence-electron chi connectivity index (χ3n) is 10.1. The summed E-state index contributed by atoms with van der Waals surface area (Å²) >= 11 is 0. The summed E-state index contributed by atoms with van der Waals surface area (Å²) in [5.74, 6) is -1.27. The van der Waals surface area contributed by atoms with Crippen molar-refractivity contribution >= 4 is 14.0 Å². The van der Waals surface area contributed by atoms with Crippen molar-refractivity contribution in [2.75, 3.05) is 13.2 Å². The minimum atomic E-state index is -1.29. The lowest BCUT2D eigenvalue weighted by Crippen LogP contribution is -2.34. The molecule has 1 fully saturated rings. The Kier molecular flexibility index (Phi) is 13.6. The molecule has 0 spiro atoms. The normalized spacial score (nSPS) is 16.8. The van der Waals surface area contributed by atoms with E-state index in [9.17, 15) is 4.79 Å². The van der Waals surface area contributed by atoms with Crippen molar-refractivity contribution < 1.29 is 28.2 Å². The minimum Gasteiger partial charge on any atom is -0.493 e. The Balaban J connectivity index is 1.47. The summed E-state index contributed by atoms with van der Waals surface area (Å²) in [7, 11) is -1.29. The van der Waals surface area contributed by atoms with E-state index in [2.05, 4.69) is 20.0 Å². The molecule has 0 atom stereocenters. The summed E-state index contributed by atoms with van der Waals surface area (Å²) < 4.78 is 42.7. The number of carbonyl (C=O) groups is 1. The Labute approximate surface area is 281 Å². The number of hydrogen-bond donors (Lipinski definition) is 1. The standard InChI is InChI=1S/C40H54F2O4Si/c1-6-7-25-47(4,5)34-18-15-31(16-19-34)36-21-20-35(38(41)39(36)42)30-13-11-29(12-14-30)32-17-22-37(45-24-10-8-9-23-43)33(26-32)27-46-40(44)28(2)3/h11-14,17,20-22,26,28,31,34,43H,6-10,15-16,18-19,23-25,27H2,1-5H3. The molecule has 1 N–H and O–H groups in total. The van der Waals surface area contributed by atoms with Crippen LogP contribution in [0, 0.1) is 17.6 Å². The first-order valence-corrected chi connectivity index (χ1v) is 21.0. The van der Waals surface area contributed by atoms with Crippen molar-refractivity contribution in [3.63, 3.8) is 0 Å². The van der Waals surface area contributed by atoms with Gasteiger partial charge in [-0.25, -0.2) is 8.78 Å². The molecule has 0 aliphatic heterocycles. The molecule has 3 aromatic rings. The van der Waals surface area contributed by atoms with Crippen LogP contribution in [0.25, 0.3) is 22.3 Å². The van der Waals surface area contributed by atoms with Gasteiger partial charge in [0.2, 0.25) is 0 Å². The van der Waals surface area contributed by atoms with Gasteiger partial charge in [-0.2, -0.15) is 0 Å². The van der Waals surface area contributed by atoms with Gasteiger partial charge < -0.3 is 14.6 Å². The highest BCUT2D eigenvalue weighted by Gasteiger charge is 2.35. The molecule has 4 nitrogen and oxygen atoms in total. The van der Waals surface area contributed by atoms with Gasteiger partial charge in [0, 0.05) is 17.7 Å². The minimum absolute atomic E-state index is 0.0784. The number of benzene rings is 3. The molecule has 3 aromatic carbocycles. The first kappa shape index (κ1) is 36.8. The van der Waals surface area contributed by atoms with Crippen LogP contribution >= 0.6 is 0 Å². The maximum absolute atomic E-state index is 15.6. The molecule has 7 heteroatoms. The van der Waals surface area contributed by atoms with Crippen molar-refractivity contribution in [3.05, 3.63) is 77.4 Å². The molecule has 0 unspecified atom stereocenters. The van der Waals surface area contributed by atoms with E-state index in [1.54, 1.807) is 26.0 Å². The van der Waals surface area contributed by atoms with E-state index in [1.165, 1.54) is 18.9 Å². The zero-order chi connectivity index (χ0) is 34.0. The lowest BCUT2D eigenvalue weighted by molar-refractivity contribution is -0.148. The third kappa shape index (κ3) is 9.76. The first-order valence-electron chi connectivity index (χ1n) is 17.7. The first-order chi connectivity index (χ1) is 22.6. The molecule has 0 radical (unpaired) electrons. The fourth-order valence-electron chi connectivity index (χ4n) is 6.87. The Morgan fingerprint density at radius 2 is 1.55 bits per heavy atom.